The molecule has 1 aromatic carbocycles. The van der Waals surface area contributed by atoms with Crippen molar-refractivity contribution in [3.63, 3.8) is 0 Å². The first-order chi connectivity index (χ1) is 18.8. The number of aryl methyl sites for hydroxylation is 1. The van der Waals surface area contributed by atoms with Crippen LogP contribution in [0.15, 0.2) is 83.8 Å². The largest absolute Gasteiger partial charge is 0.392 e. The molecule has 0 saturated heterocycles. The van der Waals surface area contributed by atoms with Gasteiger partial charge in [-0.05, 0) is 80.9 Å². The SMILES string of the molecule is C=C/C(CO)=C1/C=C(C2=C(c3ccc(F)c(C)c3)N(C)CC=C2)C=CN1C.CCCCCOCCC.CNC. The average Bonchev–Trinajstić information content (AvgIpc) is 2.93. The summed E-state index contributed by atoms with van der Waals surface area (Å²) < 4.78 is 19.0. The number of ether oxygens (including phenoxy) is 1. The lowest BCUT2D eigenvalue weighted by atomic mass is 9.92. The van der Waals surface area contributed by atoms with Crippen LogP contribution in [0.5, 0.6) is 0 Å². The predicted octanol–water partition coefficient (Wildman–Crippen LogP) is 6.60. The van der Waals surface area contributed by atoms with Gasteiger partial charge in [-0.1, -0.05) is 51.5 Å². The molecular formula is C33H50FN3O2. The monoisotopic (exact) mass is 539 g/mol. The van der Waals surface area contributed by atoms with Gasteiger partial charge in [0.25, 0.3) is 0 Å². The second-order valence-corrected chi connectivity index (χ2v) is 9.63. The van der Waals surface area contributed by atoms with Crippen molar-refractivity contribution in [2.24, 2.45) is 0 Å². The molecule has 6 heteroatoms. The molecule has 1 aromatic rings. The summed E-state index contributed by atoms with van der Waals surface area (Å²) in [7, 11) is 7.73. The molecule has 2 heterocycles. The van der Waals surface area contributed by atoms with Crippen LogP contribution in [0.1, 0.15) is 50.7 Å². The minimum atomic E-state index is -0.197. The number of aliphatic hydroxyl groups excluding tert-OH is 1. The molecule has 0 aliphatic carbocycles. The van der Waals surface area contributed by atoms with Gasteiger partial charge in [0.1, 0.15) is 5.82 Å². The second kappa shape index (κ2) is 19.2. The van der Waals surface area contributed by atoms with Crippen molar-refractivity contribution in [3.8, 4) is 0 Å². The van der Waals surface area contributed by atoms with E-state index in [0.29, 0.717) is 5.56 Å². The van der Waals surface area contributed by atoms with Gasteiger partial charge in [0.15, 0.2) is 0 Å². The fraction of sp³-hybridized carbons (Fsp3) is 0.455. The van der Waals surface area contributed by atoms with E-state index in [1.54, 1.807) is 13.0 Å². The highest BCUT2D eigenvalue weighted by molar-refractivity contribution is 5.77. The molecule has 2 aliphatic rings. The highest BCUT2D eigenvalue weighted by Gasteiger charge is 2.20. The van der Waals surface area contributed by atoms with E-state index in [2.05, 4.69) is 54.9 Å². The topological polar surface area (TPSA) is 48.0 Å². The lowest BCUT2D eigenvalue weighted by Gasteiger charge is -2.30. The Bertz CT molecular complexity index is 1050. The summed E-state index contributed by atoms with van der Waals surface area (Å²) in [4.78, 5) is 4.13. The van der Waals surface area contributed by atoms with Crippen LogP contribution in [0.3, 0.4) is 0 Å². The number of hydrogen-bond donors (Lipinski definition) is 2. The Morgan fingerprint density at radius 2 is 1.85 bits per heavy atom. The van der Waals surface area contributed by atoms with Crippen molar-refractivity contribution in [1.29, 1.82) is 0 Å². The third-order valence-electron chi connectivity index (χ3n) is 6.18. The smallest absolute Gasteiger partial charge is 0.126 e. The second-order valence-electron chi connectivity index (χ2n) is 9.63. The van der Waals surface area contributed by atoms with Gasteiger partial charge in [-0.15, -0.1) is 0 Å². The normalized spacial score (nSPS) is 15.8. The molecule has 0 atom stereocenters. The third kappa shape index (κ3) is 11.0. The summed E-state index contributed by atoms with van der Waals surface area (Å²) in [5, 5.41) is 12.4. The summed E-state index contributed by atoms with van der Waals surface area (Å²) in [6.07, 6.45) is 17.0. The number of unbranched alkanes of at least 4 members (excludes halogenated alkanes) is 2. The van der Waals surface area contributed by atoms with E-state index in [1.807, 2.05) is 51.4 Å². The number of nitrogens with one attached hydrogen (secondary N) is 1. The fourth-order valence-corrected chi connectivity index (χ4v) is 4.11. The van der Waals surface area contributed by atoms with E-state index in [9.17, 15) is 9.50 Å². The molecule has 0 aromatic heterocycles. The van der Waals surface area contributed by atoms with Gasteiger partial charge in [0.2, 0.25) is 0 Å². The average molecular weight is 540 g/mol. The summed E-state index contributed by atoms with van der Waals surface area (Å²) >= 11 is 0. The molecule has 0 bridgehead atoms. The van der Waals surface area contributed by atoms with Gasteiger partial charge >= 0.3 is 0 Å². The number of aliphatic hydroxyl groups is 1. The maximum Gasteiger partial charge on any atom is 0.126 e. The fourth-order valence-electron chi connectivity index (χ4n) is 4.11. The van der Waals surface area contributed by atoms with E-state index in [1.165, 1.54) is 25.3 Å². The van der Waals surface area contributed by atoms with Crippen LogP contribution in [0, 0.1) is 12.7 Å². The number of allylic oxidation sites excluding steroid dienone is 5. The number of hydrogen-bond acceptors (Lipinski definition) is 5. The van der Waals surface area contributed by atoms with Gasteiger partial charge in [-0.3, -0.25) is 0 Å². The summed E-state index contributed by atoms with van der Waals surface area (Å²) in [5.74, 6) is -0.197. The zero-order chi connectivity index (χ0) is 29.2. The number of halogens is 1. The minimum Gasteiger partial charge on any atom is -0.392 e. The molecule has 39 heavy (non-hydrogen) atoms. The van der Waals surface area contributed by atoms with Crippen LogP contribution < -0.4 is 5.32 Å². The Morgan fingerprint density at radius 3 is 2.44 bits per heavy atom. The summed E-state index contributed by atoms with van der Waals surface area (Å²) in [5.41, 5.74) is 6.46. The quantitative estimate of drug-likeness (QED) is 0.328. The molecule has 2 aliphatic heterocycles. The van der Waals surface area contributed by atoms with Crippen molar-refractivity contribution in [3.05, 3.63) is 101 Å². The Hall–Kier alpha value is -2.93. The molecule has 0 radical (unpaired) electrons. The van der Waals surface area contributed by atoms with Gasteiger partial charge in [-0.2, -0.15) is 0 Å². The molecule has 3 rings (SSSR count). The maximum absolute atomic E-state index is 13.8. The Kier molecular flexibility index (Phi) is 16.8. The van der Waals surface area contributed by atoms with E-state index in [4.69, 9.17) is 4.74 Å². The molecule has 0 unspecified atom stereocenters. The molecule has 2 N–H and O–H groups in total. The Morgan fingerprint density at radius 1 is 1.13 bits per heavy atom. The number of likely N-dealkylation sites (N-methyl/N-ethyl adjacent to an activating group) is 2. The van der Waals surface area contributed by atoms with Crippen molar-refractivity contribution < 1.29 is 14.2 Å². The molecule has 0 saturated carbocycles. The van der Waals surface area contributed by atoms with Crippen molar-refractivity contribution in [2.75, 3.05) is 54.6 Å². The summed E-state index contributed by atoms with van der Waals surface area (Å²) in [6, 6.07) is 5.23. The number of nitrogens with zero attached hydrogens (tertiary/aromatic N) is 2. The predicted molar refractivity (Wildman–Crippen MR) is 165 cm³/mol. The molecule has 0 amide bonds. The highest BCUT2D eigenvalue weighted by Crippen LogP contribution is 2.34. The standard InChI is InChI=1S/C23H25FN2O.C8H18O.C2H7N/c1-5-17(15-27)22-14-18(10-12-25(22)3)20-7-6-11-26(4)23(20)19-8-9-21(24)16(2)13-19;1-3-5-6-8-9-7-4-2;1-3-2/h5-10,12-14,27H,1,11,15H2,2-4H3;3-8H2,1-2H3;3H,1-2H3/b22-17+;;. The zero-order valence-electron chi connectivity index (χ0n) is 25.2. The van der Waals surface area contributed by atoms with Crippen LogP contribution in [0.25, 0.3) is 5.70 Å². The van der Waals surface area contributed by atoms with E-state index in [-0.39, 0.29) is 12.4 Å². The van der Waals surface area contributed by atoms with Crippen LogP contribution in [-0.2, 0) is 4.74 Å². The lowest BCUT2D eigenvalue weighted by molar-refractivity contribution is 0.131. The number of benzene rings is 1. The molecule has 0 spiro atoms. The van der Waals surface area contributed by atoms with E-state index < -0.39 is 0 Å². The summed E-state index contributed by atoms with van der Waals surface area (Å²) in [6.45, 7) is 12.6. The molecule has 5 nitrogen and oxygen atoms in total. The van der Waals surface area contributed by atoms with Crippen LogP contribution in [0.4, 0.5) is 4.39 Å². The van der Waals surface area contributed by atoms with Crippen molar-refractivity contribution in [1.82, 2.24) is 15.1 Å². The molecular weight excluding hydrogens is 489 g/mol. The first kappa shape index (κ1) is 34.1. The van der Waals surface area contributed by atoms with Gasteiger partial charge < -0.3 is 25.0 Å². The Balaban J connectivity index is 0.000000534. The van der Waals surface area contributed by atoms with Crippen LogP contribution in [0.2, 0.25) is 0 Å². The molecule has 216 valence electrons. The van der Waals surface area contributed by atoms with Crippen LogP contribution >= 0.6 is 0 Å². The highest BCUT2D eigenvalue weighted by atomic mass is 19.1. The van der Waals surface area contributed by atoms with Gasteiger partial charge in [0, 0.05) is 56.9 Å². The minimum absolute atomic E-state index is 0.0698. The van der Waals surface area contributed by atoms with Crippen molar-refractivity contribution >= 4 is 5.70 Å². The van der Waals surface area contributed by atoms with Gasteiger partial charge in [-0.25, -0.2) is 4.39 Å². The number of rotatable bonds is 10. The zero-order valence-corrected chi connectivity index (χ0v) is 25.2. The Labute approximate surface area is 236 Å². The van der Waals surface area contributed by atoms with Crippen molar-refractivity contribution in [2.45, 2.75) is 46.5 Å². The van der Waals surface area contributed by atoms with Crippen LogP contribution in [-0.4, -0.2) is 69.5 Å². The van der Waals surface area contributed by atoms with E-state index in [0.717, 1.165) is 59.9 Å². The first-order valence-corrected chi connectivity index (χ1v) is 13.9. The third-order valence-corrected chi connectivity index (χ3v) is 6.18. The van der Waals surface area contributed by atoms with Gasteiger partial charge in [0.05, 0.1) is 12.3 Å². The van der Waals surface area contributed by atoms with E-state index >= 15 is 0 Å². The molecule has 0 fully saturated rings. The lowest BCUT2D eigenvalue weighted by Crippen LogP contribution is -2.22. The first-order valence-electron chi connectivity index (χ1n) is 13.9. The maximum atomic E-state index is 13.8.